The molecule has 4 aliphatic rings. The van der Waals surface area contributed by atoms with Gasteiger partial charge in [0.05, 0.1) is 30.5 Å². The molecule has 14 unspecified atom stereocenters. The molecule has 1 amide bonds. The summed E-state index contributed by atoms with van der Waals surface area (Å²) in [6.45, 7) is 13.2. The molecule has 2 bridgehead atoms. The Morgan fingerprint density at radius 3 is 2.28 bits per heavy atom. The number of methoxy groups -OCH3 is 3. The average molecular weight is 938 g/mol. The largest absolute Gasteiger partial charge is 0.456 e. The first kappa shape index (κ1) is 54.3. The molecule has 1 saturated carbocycles. The van der Waals surface area contributed by atoms with E-state index >= 15 is 0 Å². The monoisotopic (exact) mass is 938 g/mol. The standard InChI is InChI=1S/C53H79NO13/c1-11-36-16-15-17-39(27-36)43(57)30-65-44-20-19-37(28-45(44)62-8)25-33(5)48-35(7)41(55)29-42(56)38(12-2)23-31(3)22-32(4)24-46(63-9)49-47(64-10)26-34(6)53(61,67-49)50(58)51(59)54-21-14-13-18-40(54)52(60)66-48/h15-17,23,25,27,32,34-35,37-38,40-41,44-49,55,61H,11-14,18-22,24,26,28-30H2,1-10H3. The molecule has 14 atom stereocenters. The minimum absolute atomic E-state index is 0.0203. The summed E-state index contributed by atoms with van der Waals surface area (Å²) in [5.74, 6) is -7.79. The van der Waals surface area contributed by atoms with E-state index in [-0.39, 0.29) is 68.0 Å². The number of fused-ring (bicyclic) bond motifs is 3. The third-order valence-corrected chi connectivity index (χ3v) is 15.0. The van der Waals surface area contributed by atoms with E-state index < -0.39 is 77.8 Å². The van der Waals surface area contributed by atoms with Crippen LogP contribution in [0.15, 0.2) is 47.6 Å². The second-order valence-electron chi connectivity index (χ2n) is 19.9. The SMILES string of the molecule is CCc1cccc(C(=O)COC2CCC(C=C(C)C3OC(=O)C4CCCCN4C(=O)C(=O)C4(O)OC(C(OC)CC(C)CC(C)=CC(CC)C(=O)CC(O)C3C)C(OC)CC4C)CC2OC)c1. The van der Waals surface area contributed by atoms with Gasteiger partial charge in [-0.3, -0.25) is 19.2 Å². The summed E-state index contributed by atoms with van der Waals surface area (Å²) in [7, 11) is 4.68. The molecule has 1 aromatic rings. The van der Waals surface area contributed by atoms with Crippen LogP contribution >= 0.6 is 0 Å². The molecule has 14 nitrogen and oxygen atoms in total. The quantitative estimate of drug-likeness (QED) is 0.101. The predicted molar refractivity (Wildman–Crippen MR) is 252 cm³/mol. The number of allylic oxidation sites excluding steroid dienone is 3. The van der Waals surface area contributed by atoms with Gasteiger partial charge in [-0.1, -0.05) is 70.5 Å². The van der Waals surface area contributed by atoms with Crippen molar-refractivity contribution < 1.29 is 62.6 Å². The van der Waals surface area contributed by atoms with Gasteiger partial charge in [0.15, 0.2) is 5.78 Å². The molecule has 3 aliphatic heterocycles. The zero-order chi connectivity index (χ0) is 49.2. The molecule has 0 spiro atoms. The second kappa shape index (κ2) is 24.8. The fourth-order valence-corrected chi connectivity index (χ4v) is 10.8. The highest BCUT2D eigenvalue weighted by Crippen LogP contribution is 2.39. The highest BCUT2D eigenvalue weighted by atomic mass is 16.7. The highest BCUT2D eigenvalue weighted by molar-refractivity contribution is 6.39. The van der Waals surface area contributed by atoms with E-state index in [1.807, 2.05) is 58.0 Å². The lowest BCUT2D eigenvalue weighted by atomic mass is 9.81. The first-order chi connectivity index (χ1) is 31.9. The van der Waals surface area contributed by atoms with Crippen molar-refractivity contribution in [1.82, 2.24) is 4.90 Å². The predicted octanol–water partition coefficient (Wildman–Crippen LogP) is 6.94. The van der Waals surface area contributed by atoms with E-state index in [9.17, 15) is 34.2 Å². The Balaban J connectivity index is 1.44. The Hall–Kier alpha value is -3.63. The van der Waals surface area contributed by atoms with E-state index in [0.717, 1.165) is 17.6 Å². The van der Waals surface area contributed by atoms with Crippen molar-refractivity contribution in [2.75, 3.05) is 34.5 Å². The number of benzene rings is 1. The van der Waals surface area contributed by atoms with E-state index in [1.165, 1.54) is 19.1 Å². The maximum Gasteiger partial charge on any atom is 0.329 e. The summed E-state index contributed by atoms with van der Waals surface area (Å²) < 4.78 is 36.5. The minimum Gasteiger partial charge on any atom is -0.456 e. The van der Waals surface area contributed by atoms with Gasteiger partial charge in [-0.2, -0.15) is 0 Å². The van der Waals surface area contributed by atoms with Gasteiger partial charge in [-0.15, -0.1) is 0 Å². The van der Waals surface area contributed by atoms with Crippen molar-refractivity contribution in [3.63, 3.8) is 0 Å². The molecular weight excluding hydrogens is 859 g/mol. The number of nitrogens with zero attached hydrogens (tertiary/aromatic N) is 1. The maximum atomic E-state index is 14.5. The van der Waals surface area contributed by atoms with Crippen molar-refractivity contribution in [1.29, 1.82) is 0 Å². The number of piperidine rings is 1. The molecule has 0 aromatic heterocycles. The van der Waals surface area contributed by atoms with Crippen molar-refractivity contribution in [3.05, 3.63) is 58.7 Å². The Morgan fingerprint density at radius 1 is 0.910 bits per heavy atom. The Bertz CT molecular complexity index is 1930. The van der Waals surface area contributed by atoms with Crippen LogP contribution in [0, 0.1) is 29.6 Å². The van der Waals surface area contributed by atoms with E-state index in [4.69, 9.17) is 28.4 Å². The van der Waals surface area contributed by atoms with E-state index in [2.05, 4.69) is 6.92 Å². The number of carbonyl (C=O) groups excluding carboxylic acids is 5. The number of aryl methyl sites for hydroxylation is 1. The van der Waals surface area contributed by atoms with E-state index in [0.29, 0.717) is 62.5 Å². The number of rotatable bonds is 11. The highest BCUT2D eigenvalue weighted by Gasteiger charge is 2.56. The number of aliphatic hydroxyl groups is 2. The van der Waals surface area contributed by atoms with Crippen molar-refractivity contribution in [2.45, 2.75) is 180 Å². The average Bonchev–Trinajstić information content (AvgIpc) is 3.32. The molecule has 0 radical (unpaired) electrons. The first-order valence-corrected chi connectivity index (χ1v) is 24.7. The van der Waals surface area contributed by atoms with Gasteiger partial charge in [0, 0.05) is 57.6 Å². The molecule has 2 N–H and O–H groups in total. The van der Waals surface area contributed by atoms with Gasteiger partial charge in [-0.05, 0) is 114 Å². The summed E-state index contributed by atoms with van der Waals surface area (Å²) in [4.78, 5) is 71.5. The maximum absolute atomic E-state index is 14.5. The molecule has 14 heteroatoms. The normalized spacial score (nSPS) is 35.8. The Kier molecular flexibility index (Phi) is 20.1. The summed E-state index contributed by atoms with van der Waals surface area (Å²) in [5, 5.41) is 24.0. The van der Waals surface area contributed by atoms with Crippen LogP contribution < -0.4 is 0 Å². The van der Waals surface area contributed by atoms with Gasteiger partial charge >= 0.3 is 5.97 Å². The van der Waals surface area contributed by atoms with Gasteiger partial charge in [0.1, 0.15) is 30.6 Å². The number of ether oxygens (including phenoxy) is 6. The molecule has 67 heavy (non-hydrogen) atoms. The molecule has 1 aliphatic carbocycles. The van der Waals surface area contributed by atoms with Crippen LogP contribution in [0.5, 0.6) is 0 Å². The molecule has 5 rings (SSSR count). The molecule has 3 fully saturated rings. The minimum atomic E-state index is -2.52. The Morgan fingerprint density at radius 2 is 1.61 bits per heavy atom. The summed E-state index contributed by atoms with van der Waals surface area (Å²) >= 11 is 0. The van der Waals surface area contributed by atoms with Crippen LogP contribution in [0.2, 0.25) is 0 Å². The zero-order valence-electron chi connectivity index (χ0n) is 41.7. The lowest BCUT2D eigenvalue weighted by Crippen LogP contribution is -2.64. The molecule has 1 aromatic carbocycles. The number of amides is 1. The molecule has 374 valence electrons. The Labute approximate surface area is 398 Å². The fraction of sp³-hybridized carbons (Fsp3) is 0.717. The van der Waals surface area contributed by atoms with Crippen molar-refractivity contribution in [3.8, 4) is 0 Å². The van der Waals surface area contributed by atoms with Gasteiger partial charge in [0.2, 0.25) is 5.79 Å². The summed E-state index contributed by atoms with van der Waals surface area (Å²) in [5.41, 5.74) is 3.33. The number of aliphatic hydroxyl groups excluding tert-OH is 1. The number of Topliss-reactive ketones (excluding diaryl/α,β-unsaturated/α-hetero) is 3. The summed E-state index contributed by atoms with van der Waals surface area (Å²) in [6, 6.07) is 6.40. The smallest absolute Gasteiger partial charge is 0.329 e. The van der Waals surface area contributed by atoms with Gasteiger partial charge < -0.3 is 43.5 Å². The van der Waals surface area contributed by atoms with Crippen LogP contribution in [-0.2, 0) is 54.0 Å². The number of ketones is 3. The van der Waals surface area contributed by atoms with Crippen LogP contribution in [0.3, 0.4) is 0 Å². The van der Waals surface area contributed by atoms with Crippen LogP contribution in [0.1, 0.15) is 135 Å². The number of hydrogen-bond donors (Lipinski definition) is 2. The third-order valence-electron chi connectivity index (χ3n) is 15.0. The second-order valence-corrected chi connectivity index (χ2v) is 19.9. The van der Waals surface area contributed by atoms with Gasteiger partial charge in [0.25, 0.3) is 11.7 Å². The van der Waals surface area contributed by atoms with Crippen LogP contribution in [-0.4, -0.2) is 133 Å². The van der Waals surface area contributed by atoms with Crippen molar-refractivity contribution >= 4 is 29.2 Å². The fourth-order valence-electron chi connectivity index (χ4n) is 10.8. The first-order valence-electron chi connectivity index (χ1n) is 24.7. The lowest BCUT2D eigenvalue weighted by Gasteiger charge is -2.47. The third kappa shape index (κ3) is 13.4. The van der Waals surface area contributed by atoms with Crippen LogP contribution in [0.4, 0.5) is 0 Å². The lowest BCUT2D eigenvalue weighted by molar-refractivity contribution is -0.302. The topological polar surface area (TPSA) is 184 Å². The molecule has 2 saturated heterocycles. The summed E-state index contributed by atoms with van der Waals surface area (Å²) in [6.07, 6.45) is 4.72. The van der Waals surface area contributed by atoms with E-state index in [1.54, 1.807) is 27.0 Å². The van der Waals surface area contributed by atoms with Gasteiger partial charge in [-0.25, -0.2) is 4.79 Å². The zero-order valence-corrected chi connectivity index (χ0v) is 41.7. The number of carbonyl (C=O) groups is 5. The van der Waals surface area contributed by atoms with Crippen molar-refractivity contribution in [2.24, 2.45) is 29.6 Å². The molecular formula is C53H79NO13. The number of hydrogen-bond acceptors (Lipinski definition) is 13. The number of esters is 1. The number of cyclic esters (lactones) is 1. The van der Waals surface area contributed by atoms with Crippen LogP contribution in [0.25, 0.3) is 0 Å². The molecule has 3 heterocycles.